The number of aryl methyl sites for hydroxylation is 1. The molecule has 0 spiro atoms. The minimum atomic E-state index is -0.781. The second kappa shape index (κ2) is 8.44. The lowest BCUT2D eigenvalue weighted by atomic mass is 9.93. The first-order valence-electron chi connectivity index (χ1n) is 9.39. The lowest BCUT2D eigenvalue weighted by Crippen LogP contribution is -2.39. The summed E-state index contributed by atoms with van der Waals surface area (Å²) in [4.78, 5) is 13.9. The molecule has 0 bridgehead atoms. The molecular weight excluding hydrogens is 342 g/mol. The highest BCUT2D eigenvalue weighted by Gasteiger charge is 2.39. The number of likely N-dealkylation sites (tertiary alicyclic amines) is 1. The highest BCUT2D eigenvalue weighted by molar-refractivity contribution is 5.74. The molecule has 0 saturated carbocycles. The van der Waals surface area contributed by atoms with E-state index in [-0.39, 0.29) is 6.04 Å². The largest absolute Gasteiger partial charge is 0.496 e. The van der Waals surface area contributed by atoms with Crippen molar-refractivity contribution in [2.45, 2.75) is 38.3 Å². The number of ether oxygens (including phenoxy) is 2. The first-order valence-corrected chi connectivity index (χ1v) is 9.39. The van der Waals surface area contributed by atoms with Gasteiger partial charge in [0, 0.05) is 6.54 Å². The van der Waals surface area contributed by atoms with E-state index in [0.717, 1.165) is 30.5 Å². The smallest absolute Gasteiger partial charge is 0.320 e. The number of benzene rings is 2. The maximum atomic E-state index is 11.9. The molecule has 0 aliphatic carbocycles. The van der Waals surface area contributed by atoms with E-state index in [9.17, 15) is 9.90 Å². The van der Waals surface area contributed by atoms with Gasteiger partial charge in [-0.25, -0.2) is 0 Å². The van der Waals surface area contributed by atoms with Crippen LogP contribution in [0.1, 0.15) is 42.5 Å². The average molecular weight is 369 g/mol. The number of hydrogen-bond acceptors (Lipinski definition) is 4. The second-order valence-electron chi connectivity index (χ2n) is 6.81. The number of carboxylic acid groups (broad SMARTS) is 1. The normalized spacial score (nSPS) is 18.3. The molecule has 144 valence electrons. The van der Waals surface area contributed by atoms with Crippen molar-refractivity contribution in [3.8, 4) is 11.5 Å². The fraction of sp³-hybridized carbons (Fsp3) is 0.409. The van der Waals surface area contributed by atoms with Crippen LogP contribution in [0.5, 0.6) is 11.5 Å². The Bertz CT molecular complexity index is 765. The Hall–Kier alpha value is -2.53. The Morgan fingerprint density at radius 2 is 1.78 bits per heavy atom. The Kier molecular flexibility index (Phi) is 6.01. The molecule has 2 unspecified atom stereocenters. The number of rotatable bonds is 7. The van der Waals surface area contributed by atoms with Crippen molar-refractivity contribution in [3.05, 3.63) is 59.2 Å². The molecule has 1 aliphatic heterocycles. The van der Waals surface area contributed by atoms with Crippen molar-refractivity contribution >= 4 is 5.97 Å². The molecule has 2 atom stereocenters. The molecule has 2 aromatic carbocycles. The Balaban J connectivity index is 2.17. The maximum absolute atomic E-state index is 11.9. The lowest BCUT2D eigenvalue weighted by molar-refractivity contribution is -0.142. The van der Waals surface area contributed by atoms with Crippen molar-refractivity contribution in [2.75, 3.05) is 20.8 Å². The van der Waals surface area contributed by atoms with Crippen LogP contribution in [0.15, 0.2) is 42.5 Å². The predicted molar refractivity (Wildman–Crippen MR) is 105 cm³/mol. The summed E-state index contributed by atoms with van der Waals surface area (Å²) >= 11 is 0. The number of carboxylic acids is 1. The fourth-order valence-electron chi connectivity index (χ4n) is 3.97. The van der Waals surface area contributed by atoms with Crippen molar-refractivity contribution in [1.82, 2.24) is 4.90 Å². The molecule has 27 heavy (non-hydrogen) atoms. The summed E-state index contributed by atoms with van der Waals surface area (Å²) in [6.45, 7) is 2.84. The van der Waals surface area contributed by atoms with Crippen LogP contribution in [0.25, 0.3) is 0 Å². The van der Waals surface area contributed by atoms with Gasteiger partial charge in [-0.15, -0.1) is 0 Å². The van der Waals surface area contributed by atoms with Crippen LogP contribution in [-0.2, 0) is 11.2 Å². The molecule has 0 aromatic heterocycles. The lowest BCUT2D eigenvalue weighted by Gasteiger charge is -2.33. The quantitative estimate of drug-likeness (QED) is 0.802. The van der Waals surface area contributed by atoms with E-state index in [4.69, 9.17) is 9.47 Å². The van der Waals surface area contributed by atoms with Crippen LogP contribution < -0.4 is 9.47 Å². The average Bonchev–Trinajstić information content (AvgIpc) is 3.18. The molecule has 3 rings (SSSR count). The highest BCUT2D eigenvalue weighted by atomic mass is 16.5. The van der Waals surface area contributed by atoms with E-state index in [1.807, 2.05) is 18.2 Å². The van der Waals surface area contributed by atoms with Gasteiger partial charge >= 0.3 is 5.97 Å². The summed E-state index contributed by atoms with van der Waals surface area (Å²) in [6.07, 6.45) is 2.47. The standard InChI is InChI=1S/C22H27NO4/c1-4-15-10-12-16(13-11-15)21(23-14-6-7-17(23)22(24)25)20-18(26-2)8-5-9-19(20)27-3/h5,8-13,17,21H,4,6-7,14H2,1-3H3,(H,24,25). The summed E-state index contributed by atoms with van der Waals surface area (Å²) in [6, 6.07) is 13.3. The van der Waals surface area contributed by atoms with Crippen molar-refractivity contribution in [2.24, 2.45) is 0 Å². The van der Waals surface area contributed by atoms with Gasteiger partial charge in [-0.2, -0.15) is 0 Å². The Labute approximate surface area is 160 Å². The van der Waals surface area contributed by atoms with Gasteiger partial charge in [0.2, 0.25) is 0 Å². The third-order valence-electron chi connectivity index (χ3n) is 5.35. The zero-order valence-electron chi connectivity index (χ0n) is 16.1. The highest BCUT2D eigenvalue weighted by Crippen LogP contribution is 2.43. The van der Waals surface area contributed by atoms with Crippen LogP contribution in [0.2, 0.25) is 0 Å². The van der Waals surface area contributed by atoms with Gasteiger partial charge in [0.25, 0.3) is 0 Å². The van der Waals surface area contributed by atoms with Gasteiger partial charge in [-0.3, -0.25) is 9.69 Å². The van der Waals surface area contributed by atoms with E-state index < -0.39 is 12.0 Å². The third kappa shape index (κ3) is 3.78. The summed E-state index contributed by atoms with van der Waals surface area (Å²) in [5, 5.41) is 9.76. The van der Waals surface area contributed by atoms with Gasteiger partial charge in [-0.1, -0.05) is 37.3 Å². The first-order chi connectivity index (χ1) is 13.1. The monoisotopic (exact) mass is 369 g/mol. The molecule has 1 fully saturated rings. The summed E-state index contributed by atoms with van der Waals surface area (Å²) in [5.74, 6) is 0.626. The summed E-state index contributed by atoms with van der Waals surface area (Å²) < 4.78 is 11.3. The number of hydrogen-bond donors (Lipinski definition) is 1. The van der Waals surface area contributed by atoms with Gasteiger partial charge in [0.05, 0.1) is 25.8 Å². The number of carbonyl (C=O) groups is 1. The van der Waals surface area contributed by atoms with Gasteiger partial charge in [0.15, 0.2) is 0 Å². The number of nitrogens with zero attached hydrogens (tertiary/aromatic N) is 1. The van der Waals surface area contributed by atoms with Crippen LogP contribution >= 0.6 is 0 Å². The van der Waals surface area contributed by atoms with Crippen molar-refractivity contribution in [3.63, 3.8) is 0 Å². The van der Waals surface area contributed by atoms with Crippen LogP contribution in [-0.4, -0.2) is 42.8 Å². The molecular formula is C22H27NO4. The van der Waals surface area contributed by atoms with Gasteiger partial charge in [-0.05, 0) is 42.5 Å². The Morgan fingerprint density at radius 1 is 1.15 bits per heavy atom. The van der Waals surface area contributed by atoms with Crippen LogP contribution in [0.3, 0.4) is 0 Å². The minimum Gasteiger partial charge on any atom is -0.496 e. The van der Waals surface area contributed by atoms with Crippen LogP contribution in [0, 0.1) is 0 Å². The molecule has 1 N–H and O–H groups in total. The van der Waals surface area contributed by atoms with E-state index in [0.29, 0.717) is 17.9 Å². The zero-order valence-corrected chi connectivity index (χ0v) is 16.1. The van der Waals surface area contributed by atoms with Gasteiger partial charge in [0.1, 0.15) is 17.5 Å². The topological polar surface area (TPSA) is 59.0 Å². The molecule has 5 nitrogen and oxygen atoms in total. The van der Waals surface area contributed by atoms with Crippen LogP contribution in [0.4, 0.5) is 0 Å². The fourth-order valence-corrected chi connectivity index (χ4v) is 3.97. The van der Waals surface area contributed by atoms with E-state index in [2.05, 4.69) is 36.1 Å². The van der Waals surface area contributed by atoms with E-state index in [1.165, 1.54) is 5.56 Å². The molecule has 5 heteroatoms. The Morgan fingerprint density at radius 3 is 2.30 bits per heavy atom. The second-order valence-corrected chi connectivity index (χ2v) is 6.81. The SMILES string of the molecule is CCc1ccc(C(c2c(OC)cccc2OC)N2CCCC2C(=O)O)cc1. The summed E-state index contributed by atoms with van der Waals surface area (Å²) in [5.41, 5.74) is 3.17. The summed E-state index contributed by atoms with van der Waals surface area (Å²) in [7, 11) is 3.27. The third-order valence-corrected chi connectivity index (χ3v) is 5.35. The molecule has 1 heterocycles. The van der Waals surface area contributed by atoms with Crippen molar-refractivity contribution < 1.29 is 19.4 Å². The minimum absolute atomic E-state index is 0.245. The first kappa shape index (κ1) is 19.2. The zero-order chi connectivity index (χ0) is 19.4. The van der Waals surface area contributed by atoms with Gasteiger partial charge < -0.3 is 14.6 Å². The molecule has 1 saturated heterocycles. The predicted octanol–water partition coefficient (Wildman–Crippen LogP) is 3.90. The molecule has 0 radical (unpaired) electrons. The maximum Gasteiger partial charge on any atom is 0.320 e. The van der Waals surface area contributed by atoms with E-state index >= 15 is 0 Å². The molecule has 1 aliphatic rings. The van der Waals surface area contributed by atoms with E-state index in [1.54, 1.807) is 14.2 Å². The van der Waals surface area contributed by atoms with Crippen molar-refractivity contribution in [1.29, 1.82) is 0 Å². The number of aliphatic carboxylic acids is 1. The number of methoxy groups -OCH3 is 2. The molecule has 0 amide bonds. The molecule has 2 aromatic rings.